The standard InChI is InChI=1S/C15H22N2O3/c1-3-10(2)13(16)14(18)17-12(15(19)20)9-11-7-5-4-6-8-11/h4-8,10,12-13H,3,9,16H2,1-2H3,(H,17,18)(H,19,20)/t10-,12+,13-/m0/s1. The number of hydrogen-bond donors (Lipinski definition) is 3. The molecule has 4 N–H and O–H groups in total. The van der Waals surface area contributed by atoms with Gasteiger partial charge < -0.3 is 16.2 Å². The van der Waals surface area contributed by atoms with E-state index in [1.807, 2.05) is 44.2 Å². The van der Waals surface area contributed by atoms with E-state index in [9.17, 15) is 14.7 Å². The molecule has 0 unspecified atom stereocenters. The van der Waals surface area contributed by atoms with Gasteiger partial charge in [0.1, 0.15) is 6.04 Å². The van der Waals surface area contributed by atoms with Crippen molar-refractivity contribution < 1.29 is 14.7 Å². The second-order valence-corrected chi connectivity index (χ2v) is 5.00. The summed E-state index contributed by atoms with van der Waals surface area (Å²) in [5.41, 5.74) is 6.67. The van der Waals surface area contributed by atoms with Crippen LogP contribution in [0.2, 0.25) is 0 Å². The van der Waals surface area contributed by atoms with Gasteiger partial charge in [-0.15, -0.1) is 0 Å². The van der Waals surface area contributed by atoms with Crippen LogP contribution in [0.15, 0.2) is 30.3 Å². The van der Waals surface area contributed by atoms with Crippen molar-refractivity contribution in [3.63, 3.8) is 0 Å². The molecule has 20 heavy (non-hydrogen) atoms. The first kappa shape index (κ1) is 16.2. The molecule has 1 aromatic carbocycles. The quantitative estimate of drug-likeness (QED) is 0.698. The number of carbonyl (C=O) groups is 2. The summed E-state index contributed by atoms with van der Waals surface area (Å²) in [6, 6.07) is 7.55. The Bertz CT molecular complexity index is 448. The molecule has 0 aliphatic carbocycles. The smallest absolute Gasteiger partial charge is 0.326 e. The second kappa shape index (κ2) is 7.65. The number of nitrogens with one attached hydrogen (secondary N) is 1. The number of rotatable bonds is 7. The van der Waals surface area contributed by atoms with Gasteiger partial charge in [-0.3, -0.25) is 4.79 Å². The lowest BCUT2D eigenvalue weighted by Crippen LogP contribution is -2.51. The zero-order chi connectivity index (χ0) is 15.1. The number of aliphatic carboxylic acids is 1. The van der Waals surface area contributed by atoms with Crippen LogP contribution in [-0.2, 0) is 16.0 Å². The Morgan fingerprint density at radius 3 is 2.40 bits per heavy atom. The topological polar surface area (TPSA) is 92.4 Å². The molecule has 1 aromatic rings. The van der Waals surface area contributed by atoms with E-state index in [1.54, 1.807) is 0 Å². The van der Waals surface area contributed by atoms with Crippen LogP contribution in [0.25, 0.3) is 0 Å². The van der Waals surface area contributed by atoms with Crippen molar-refractivity contribution >= 4 is 11.9 Å². The van der Waals surface area contributed by atoms with Crippen molar-refractivity contribution in [2.45, 2.75) is 38.8 Å². The summed E-state index contributed by atoms with van der Waals surface area (Å²) < 4.78 is 0. The lowest BCUT2D eigenvalue weighted by Gasteiger charge is -2.21. The minimum atomic E-state index is -1.06. The fourth-order valence-electron chi connectivity index (χ4n) is 1.83. The van der Waals surface area contributed by atoms with E-state index in [0.29, 0.717) is 0 Å². The molecule has 0 aliphatic heterocycles. The molecule has 0 saturated carbocycles. The molecule has 0 fully saturated rings. The largest absolute Gasteiger partial charge is 0.480 e. The van der Waals surface area contributed by atoms with Crippen LogP contribution in [0, 0.1) is 5.92 Å². The molecule has 1 rings (SSSR count). The molecule has 5 nitrogen and oxygen atoms in total. The third-order valence-electron chi connectivity index (χ3n) is 3.46. The first-order chi connectivity index (χ1) is 9.45. The maximum Gasteiger partial charge on any atom is 0.326 e. The van der Waals surface area contributed by atoms with E-state index >= 15 is 0 Å². The first-order valence-electron chi connectivity index (χ1n) is 6.78. The van der Waals surface area contributed by atoms with E-state index in [4.69, 9.17) is 5.73 Å². The lowest BCUT2D eigenvalue weighted by atomic mass is 9.98. The van der Waals surface area contributed by atoms with Crippen molar-refractivity contribution in [2.24, 2.45) is 11.7 Å². The number of carboxylic acids is 1. The van der Waals surface area contributed by atoms with Crippen LogP contribution >= 0.6 is 0 Å². The molecule has 0 aliphatic rings. The van der Waals surface area contributed by atoms with E-state index in [-0.39, 0.29) is 12.3 Å². The van der Waals surface area contributed by atoms with Gasteiger partial charge in [0.25, 0.3) is 0 Å². The van der Waals surface area contributed by atoms with E-state index in [2.05, 4.69) is 5.32 Å². The average molecular weight is 278 g/mol. The third kappa shape index (κ3) is 4.66. The highest BCUT2D eigenvalue weighted by atomic mass is 16.4. The summed E-state index contributed by atoms with van der Waals surface area (Å²) in [6.45, 7) is 3.81. The molecule has 0 heterocycles. The molecule has 0 bridgehead atoms. The molecule has 110 valence electrons. The molecule has 0 radical (unpaired) electrons. The number of carbonyl (C=O) groups excluding carboxylic acids is 1. The Labute approximate surface area is 119 Å². The van der Waals surface area contributed by atoms with Crippen molar-refractivity contribution in [2.75, 3.05) is 0 Å². The van der Waals surface area contributed by atoms with Gasteiger partial charge in [0.05, 0.1) is 6.04 Å². The summed E-state index contributed by atoms with van der Waals surface area (Å²) in [5.74, 6) is -1.46. The van der Waals surface area contributed by atoms with Crippen molar-refractivity contribution in [3.05, 3.63) is 35.9 Å². The normalized spacial score (nSPS) is 15.2. The monoisotopic (exact) mass is 278 g/mol. The summed E-state index contributed by atoms with van der Waals surface area (Å²) in [5, 5.41) is 11.7. The van der Waals surface area contributed by atoms with Gasteiger partial charge in [-0.2, -0.15) is 0 Å². The lowest BCUT2D eigenvalue weighted by molar-refractivity contribution is -0.142. The van der Waals surface area contributed by atoms with Crippen LogP contribution in [-0.4, -0.2) is 29.1 Å². The van der Waals surface area contributed by atoms with Gasteiger partial charge in [-0.25, -0.2) is 4.79 Å². The van der Waals surface area contributed by atoms with Gasteiger partial charge in [-0.05, 0) is 11.5 Å². The molecular formula is C15H22N2O3. The van der Waals surface area contributed by atoms with Crippen LogP contribution in [0.4, 0.5) is 0 Å². The van der Waals surface area contributed by atoms with Gasteiger partial charge in [-0.1, -0.05) is 50.6 Å². The molecule has 3 atom stereocenters. The maximum absolute atomic E-state index is 11.9. The predicted octanol–water partition coefficient (Wildman–Crippen LogP) is 1.17. The van der Waals surface area contributed by atoms with Crippen molar-refractivity contribution in [1.82, 2.24) is 5.32 Å². The number of nitrogens with two attached hydrogens (primary N) is 1. The number of carboxylic acid groups (broad SMARTS) is 1. The summed E-state index contributed by atoms with van der Waals surface area (Å²) in [7, 11) is 0. The Hall–Kier alpha value is -1.88. The van der Waals surface area contributed by atoms with Gasteiger partial charge >= 0.3 is 5.97 Å². The second-order valence-electron chi connectivity index (χ2n) is 5.00. The molecule has 5 heteroatoms. The van der Waals surface area contributed by atoms with Crippen molar-refractivity contribution in [3.8, 4) is 0 Å². The summed E-state index contributed by atoms with van der Waals surface area (Å²) >= 11 is 0. The average Bonchev–Trinajstić information content (AvgIpc) is 2.45. The Kier molecular flexibility index (Phi) is 6.18. The SMILES string of the molecule is CC[C@H](C)[C@H](N)C(=O)N[C@H](Cc1ccccc1)C(=O)O. The zero-order valence-corrected chi connectivity index (χ0v) is 11.9. The van der Waals surface area contributed by atoms with Gasteiger partial charge in [0.2, 0.25) is 5.91 Å². The van der Waals surface area contributed by atoms with Crippen LogP contribution in [0.5, 0.6) is 0 Å². The highest BCUT2D eigenvalue weighted by Gasteiger charge is 2.25. The Morgan fingerprint density at radius 2 is 1.90 bits per heavy atom. The number of hydrogen-bond acceptors (Lipinski definition) is 3. The first-order valence-corrected chi connectivity index (χ1v) is 6.78. The van der Waals surface area contributed by atoms with Crippen LogP contribution < -0.4 is 11.1 Å². The summed E-state index contributed by atoms with van der Waals surface area (Å²) in [6.07, 6.45) is 1.01. The maximum atomic E-state index is 11.9. The highest BCUT2D eigenvalue weighted by molar-refractivity contribution is 5.87. The summed E-state index contributed by atoms with van der Waals surface area (Å²) in [4.78, 5) is 23.2. The van der Waals surface area contributed by atoms with Gasteiger partial charge in [0.15, 0.2) is 0 Å². The predicted molar refractivity (Wildman–Crippen MR) is 77.1 cm³/mol. The van der Waals surface area contributed by atoms with E-state index in [0.717, 1.165) is 12.0 Å². The third-order valence-corrected chi connectivity index (χ3v) is 3.46. The van der Waals surface area contributed by atoms with E-state index in [1.165, 1.54) is 0 Å². The Balaban J connectivity index is 2.68. The van der Waals surface area contributed by atoms with Crippen molar-refractivity contribution in [1.29, 1.82) is 0 Å². The molecule has 0 saturated heterocycles. The Morgan fingerprint density at radius 1 is 1.30 bits per heavy atom. The fourth-order valence-corrected chi connectivity index (χ4v) is 1.83. The minimum Gasteiger partial charge on any atom is -0.480 e. The number of benzene rings is 1. The molecule has 0 spiro atoms. The zero-order valence-electron chi connectivity index (χ0n) is 11.9. The fraction of sp³-hybridized carbons (Fsp3) is 0.467. The molecule has 0 aromatic heterocycles. The molecular weight excluding hydrogens is 256 g/mol. The minimum absolute atomic E-state index is 0.0150. The van der Waals surface area contributed by atoms with E-state index < -0.39 is 24.0 Å². The molecule has 1 amide bonds. The van der Waals surface area contributed by atoms with Crippen LogP contribution in [0.3, 0.4) is 0 Å². The highest BCUT2D eigenvalue weighted by Crippen LogP contribution is 2.07. The number of amides is 1. The van der Waals surface area contributed by atoms with Crippen LogP contribution in [0.1, 0.15) is 25.8 Å². The van der Waals surface area contributed by atoms with Gasteiger partial charge in [0, 0.05) is 6.42 Å².